The average molecular weight is 549 g/mol. The summed E-state index contributed by atoms with van der Waals surface area (Å²) in [5, 5.41) is 20.0. The molecule has 2 aliphatic rings. The standard InChI is InChI=1S/C24H35Cl2N3O5S/c1-5-10-34-20-12-19(26)18(25)11-17(20)21(27-35(33)23(2,3)4)16-6-8-28(9-7-16)22(31)29-13-24(32,14-29)15-30/h5,11-12,16,21,27,30,32H,1,6-10,13-15H2,2-4H3/t21-,35?/m1/s1. The van der Waals surface area contributed by atoms with Crippen LogP contribution in [-0.2, 0) is 11.4 Å². The number of rotatable bonds is 8. The SMILES string of the molecule is C=CCOc1cc(Cl)c(Cl)cc1[C@H](N[S+]([O-])C(C)(C)C)C1CCN(C(=O)N2CC(O)(CO)C2)CC1. The van der Waals surface area contributed by atoms with Gasteiger partial charge in [-0.1, -0.05) is 35.9 Å². The number of carbonyl (C=O) groups is 1. The molecule has 2 aliphatic heterocycles. The Kier molecular flexibility index (Phi) is 9.29. The smallest absolute Gasteiger partial charge is 0.320 e. The van der Waals surface area contributed by atoms with Crippen LogP contribution in [0.3, 0.4) is 0 Å². The Bertz CT molecular complexity index is 915. The van der Waals surface area contributed by atoms with E-state index in [4.69, 9.17) is 27.9 Å². The fourth-order valence-corrected chi connectivity index (χ4v) is 5.52. The van der Waals surface area contributed by atoms with Crippen molar-refractivity contribution in [3.8, 4) is 5.75 Å². The minimum Gasteiger partial charge on any atom is -0.598 e. The van der Waals surface area contributed by atoms with Crippen molar-refractivity contribution in [2.24, 2.45) is 5.92 Å². The van der Waals surface area contributed by atoms with E-state index in [0.717, 1.165) is 5.56 Å². The van der Waals surface area contributed by atoms with Crippen LogP contribution in [0.4, 0.5) is 4.79 Å². The summed E-state index contributed by atoms with van der Waals surface area (Å²) in [5.74, 6) is 0.601. The second kappa shape index (κ2) is 11.5. The van der Waals surface area contributed by atoms with Crippen LogP contribution in [0.25, 0.3) is 0 Å². The quantitative estimate of drug-likeness (QED) is 0.339. The normalized spacial score (nSPS) is 20.2. The highest BCUT2D eigenvalue weighted by atomic mass is 35.5. The Balaban J connectivity index is 1.80. The van der Waals surface area contributed by atoms with Crippen molar-refractivity contribution in [1.29, 1.82) is 0 Å². The number of urea groups is 1. The highest BCUT2D eigenvalue weighted by Gasteiger charge is 2.45. The van der Waals surface area contributed by atoms with E-state index >= 15 is 0 Å². The summed E-state index contributed by atoms with van der Waals surface area (Å²) >= 11 is 11.3. The predicted molar refractivity (Wildman–Crippen MR) is 139 cm³/mol. The molecule has 2 saturated heterocycles. The molecule has 11 heteroatoms. The number of nitrogens with zero attached hydrogens (tertiary/aromatic N) is 2. The monoisotopic (exact) mass is 547 g/mol. The number of piperidine rings is 1. The molecule has 1 aromatic rings. The third-order valence-electron chi connectivity index (χ3n) is 6.35. The van der Waals surface area contributed by atoms with Gasteiger partial charge < -0.3 is 29.3 Å². The lowest BCUT2D eigenvalue weighted by Gasteiger charge is -2.48. The third-order valence-corrected chi connectivity index (χ3v) is 8.65. The number of benzene rings is 1. The van der Waals surface area contributed by atoms with E-state index in [1.807, 2.05) is 20.8 Å². The van der Waals surface area contributed by atoms with Gasteiger partial charge in [-0.2, -0.15) is 0 Å². The van der Waals surface area contributed by atoms with E-state index in [2.05, 4.69) is 11.3 Å². The Morgan fingerprint density at radius 1 is 1.31 bits per heavy atom. The Morgan fingerprint density at radius 3 is 2.46 bits per heavy atom. The van der Waals surface area contributed by atoms with E-state index in [1.54, 1.807) is 28.0 Å². The predicted octanol–water partition coefficient (Wildman–Crippen LogP) is 3.52. The summed E-state index contributed by atoms with van der Waals surface area (Å²) in [4.78, 5) is 16.1. The first-order valence-corrected chi connectivity index (χ1v) is 13.6. The van der Waals surface area contributed by atoms with Gasteiger partial charge in [0.2, 0.25) is 0 Å². The van der Waals surface area contributed by atoms with Gasteiger partial charge in [0, 0.05) is 36.1 Å². The Morgan fingerprint density at radius 2 is 1.91 bits per heavy atom. The van der Waals surface area contributed by atoms with Gasteiger partial charge in [0.1, 0.15) is 22.7 Å². The molecule has 3 rings (SSSR count). The maximum absolute atomic E-state index is 13.1. The lowest BCUT2D eigenvalue weighted by Crippen LogP contribution is -2.67. The van der Waals surface area contributed by atoms with Gasteiger partial charge in [0.05, 0.1) is 35.8 Å². The second-order valence-corrected chi connectivity index (χ2v) is 13.0. The molecule has 2 amide bonds. The number of halogens is 2. The van der Waals surface area contributed by atoms with Gasteiger partial charge in [-0.25, -0.2) is 4.79 Å². The highest BCUT2D eigenvalue weighted by molar-refractivity contribution is 7.90. The number of amides is 2. The summed E-state index contributed by atoms with van der Waals surface area (Å²) in [6.07, 6.45) is 2.98. The fourth-order valence-electron chi connectivity index (χ4n) is 4.29. The number of ether oxygens (including phenoxy) is 1. The number of hydrogen-bond acceptors (Lipinski definition) is 6. The number of carbonyl (C=O) groups excluding carboxylic acids is 1. The van der Waals surface area contributed by atoms with Gasteiger partial charge >= 0.3 is 6.03 Å². The molecule has 0 aliphatic carbocycles. The molecule has 196 valence electrons. The van der Waals surface area contributed by atoms with Crippen molar-refractivity contribution in [3.63, 3.8) is 0 Å². The van der Waals surface area contributed by atoms with Crippen LogP contribution in [0.2, 0.25) is 10.0 Å². The van der Waals surface area contributed by atoms with Crippen LogP contribution in [0.1, 0.15) is 45.2 Å². The van der Waals surface area contributed by atoms with Crippen LogP contribution in [0, 0.1) is 5.92 Å². The average Bonchev–Trinajstić information content (AvgIpc) is 2.80. The summed E-state index contributed by atoms with van der Waals surface area (Å²) in [5.41, 5.74) is -0.435. The molecule has 2 heterocycles. The molecular weight excluding hydrogens is 513 g/mol. The van der Waals surface area contributed by atoms with Crippen molar-refractivity contribution < 1.29 is 24.3 Å². The van der Waals surface area contributed by atoms with Crippen molar-refractivity contribution in [2.45, 2.75) is 50.0 Å². The molecule has 0 bridgehead atoms. The largest absolute Gasteiger partial charge is 0.598 e. The topological polar surface area (TPSA) is 108 Å². The highest BCUT2D eigenvalue weighted by Crippen LogP contribution is 2.41. The van der Waals surface area contributed by atoms with Gasteiger partial charge in [-0.05, 0) is 45.6 Å². The van der Waals surface area contributed by atoms with E-state index in [-0.39, 0.29) is 44.3 Å². The summed E-state index contributed by atoms with van der Waals surface area (Å²) in [6.45, 7) is 10.6. The molecule has 0 spiro atoms. The molecule has 2 fully saturated rings. The van der Waals surface area contributed by atoms with E-state index in [0.29, 0.717) is 41.7 Å². The van der Waals surface area contributed by atoms with Crippen LogP contribution in [0.15, 0.2) is 24.8 Å². The third kappa shape index (κ3) is 6.77. The lowest BCUT2D eigenvalue weighted by atomic mass is 9.85. The molecule has 0 radical (unpaired) electrons. The number of likely N-dealkylation sites (tertiary alicyclic amines) is 2. The molecule has 0 saturated carbocycles. The van der Waals surface area contributed by atoms with Crippen LogP contribution in [0.5, 0.6) is 5.75 Å². The summed E-state index contributed by atoms with van der Waals surface area (Å²) in [7, 11) is 0. The lowest BCUT2D eigenvalue weighted by molar-refractivity contribution is -0.111. The van der Waals surface area contributed by atoms with Gasteiger partial charge in [0.15, 0.2) is 0 Å². The molecule has 1 unspecified atom stereocenters. The molecule has 0 aromatic heterocycles. The van der Waals surface area contributed by atoms with E-state index < -0.39 is 21.7 Å². The van der Waals surface area contributed by atoms with E-state index in [9.17, 15) is 19.6 Å². The maximum atomic E-state index is 13.1. The number of aliphatic hydroxyl groups is 2. The first-order chi connectivity index (χ1) is 16.4. The summed E-state index contributed by atoms with van der Waals surface area (Å²) < 4.78 is 21.8. The number of aliphatic hydroxyl groups excluding tert-OH is 1. The zero-order chi connectivity index (χ0) is 26.0. The Hall–Kier alpha value is -1.20. The van der Waals surface area contributed by atoms with Crippen LogP contribution < -0.4 is 9.46 Å². The molecule has 35 heavy (non-hydrogen) atoms. The van der Waals surface area contributed by atoms with Gasteiger partial charge in [0.25, 0.3) is 0 Å². The fraction of sp³-hybridized carbons (Fsp3) is 0.625. The van der Waals surface area contributed by atoms with Crippen LogP contribution in [-0.4, -0.2) is 80.3 Å². The molecule has 2 atom stereocenters. The first-order valence-electron chi connectivity index (χ1n) is 11.7. The second-order valence-electron chi connectivity index (χ2n) is 10.2. The summed E-state index contributed by atoms with van der Waals surface area (Å²) in [6, 6.07) is 2.94. The minimum atomic E-state index is -1.36. The van der Waals surface area contributed by atoms with E-state index in [1.165, 1.54) is 0 Å². The zero-order valence-corrected chi connectivity index (χ0v) is 22.8. The minimum absolute atomic E-state index is 0.0550. The van der Waals surface area contributed by atoms with Crippen molar-refractivity contribution in [1.82, 2.24) is 14.5 Å². The molecule has 3 N–H and O–H groups in total. The van der Waals surface area contributed by atoms with Crippen molar-refractivity contribution in [2.75, 3.05) is 39.4 Å². The van der Waals surface area contributed by atoms with Gasteiger partial charge in [-0.3, -0.25) is 0 Å². The number of nitrogens with one attached hydrogen (secondary N) is 1. The van der Waals surface area contributed by atoms with Crippen LogP contribution >= 0.6 is 23.2 Å². The number of hydrogen-bond donors (Lipinski definition) is 3. The molecule has 1 aromatic carbocycles. The first kappa shape index (κ1) is 28.4. The maximum Gasteiger partial charge on any atom is 0.320 e. The number of β-amino-alcohol motifs (C(OH)–C–C–N with tert-alkyl or cyclic N) is 1. The van der Waals surface area contributed by atoms with Gasteiger partial charge in [-0.15, -0.1) is 4.72 Å². The zero-order valence-electron chi connectivity index (χ0n) is 20.4. The van der Waals surface area contributed by atoms with Crippen molar-refractivity contribution >= 4 is 40.6 Å². The Labute approximate surface area is 220 Å². The van der Waals surface area contributed by atoms with Crippen molar-refractivity contribution in [3.05, 3.63) is 40.4 Å². The molecule has 8 nitrogen and oxygen atoms in total. The molecular formula is C24H35Cl2N3O5S.